The molecule has 0 aromatic heterocycles. The van der Waals surface area contributed by atoms with Gasteiger partial charge in [-0.3, -0.25) is 9.36 Å². The van der Waals surface area contributed by atoms with Gasteiger partial charge in [-0.05, 0) is 15.4 Å². The third-order valence-corrected chi connectivity index (χ3v) is 11.9. The third-order valence-electron chi connectivity index (χ3n) is 5.29. The second-order valence-electron chi connectivity index (χ2n) is 8.53. The van der Waals surface area contributed by atoms with Crippen LogP contribution in [-0.4, -0.2) is 41.1 Å². The summed E-state index contributed by atoms with van der Waals surface area (Å²) in [6.07, 6.45) is 1.62. The lowest BCUT2D eigenvalue weighted by molar-refractivity contribution is -0.119. The van der Waals surface area contributed by atoms with Gasteiger partial charge in [0.15, 0.2) is 0 Å². The van der Waals surface area contributed by atoms with Crippen molar-refractivity contribution in [1.29, 1.82) is 0 Å². The molecule has 2 aromatic carbocycles. The fourth-order valence-electron chi connectivity index (χ4n) is 3.79. The molecule has 32 heavy (non-hydrogen) atoms. The van der Waals surface area contributed by atoms with Gasteiger partial charge in [-0.25, -0.2) is 0 Å². The van der Waals surface area contributed by atoms with Crippen LogP contribution in [0.25, 0.3) is 0 Å². The van der Waals surface area contributed by atoms with Crippen molar-refractivity contribution in [3.8, 4) is 0 Å². The summed E-state index contributed by atoms with van der Waals surface area (Å²) in [7, 11) is -3.50. The Morgan fingerprint density at radius 3 is 1.84 bits per heavy atom. The first-order valence-electron chi connectivity index (χ1n) is 10.5. The Hall–Kier alpha value is -2.02. The molecule has 0 saturated heterocycles. The molecule has 1 amide bonds. The van der Waals surface area contributed by atoms with Crippen molar-refractivity contribution in [2.75, 3.05) is 20.8 Å². The third kappa shape index (κ3) is 6.27. The van der Waals surface area contributed by atoms with Crippen LogP contribution < -0.4 is 15.7 Å². The Morgan fingerprint density at radius 2 is 1.47 bits per heavy atom. The van der Waals surface area contributed by atoms with Gasteiger partial charge in [0, 0.05) is 27.0 Å². The van der Waals surface area contributed by atoms with Crippen molar-refractivity contribution < 1.29 is 22.8 Å². The summed E-state index contributed by atoms with van der Waals surface area (Å²) in [5.41, 5.74) is 0. The molecule has 0 aliphatic heterocycles. The Labute approximate surface area is 192 Å². The molecule has 0 fully saturated rings. The number of hydrogen-bond acceptors (Lipinski definition) is 5. The quantitative estimate of drug-likeness (QED) is 0.414. The number of hydrogen-bond donors (Lipinski definition) is 1. The molecule has 1 atom stereocenters. The van der Waals surface area contributed by atoms with E-state index in [-0.39, 0.29) is 17.6 Å². The van der Waals surface area contributed by atoms with E-state index in [2.05, 4.69) is 50.4 Å². The van der Waals surface area contributed by atoms with E-state index in [4.69, 9.17) is 13.5 Å². The van der Waals surface area contributed by atoms with Gasteiger partial charge in [-0.1, -0.05) is 87.5 Å². The standard InChI is InChI=1S/C24H34NO5PSi/c1-20(26)25-21(17-18-31(27,28-5)29-6)19-30-32(24(2,3)4,22-13-9-7-10-14-22)23-15-11-8-12-16-23/h7-18,21H,19H2,1-6H3,(H,25,26)/b18-17+. The second-order valence-corrected chi connectivity index (χ2v) is 14.9. The predicted octanol–water partition coefficient (Wildman–Crippen LogP) is 4.07. The summed E-state index contributed by atoms with van der Waals surface area (Å²) in [6.45, 7) is 8.21. The molecule has 174 valence electrons. The maximum atomic E-state index is 12.5. The Morgan fingerprint density at radius 1 is 1.00 bits per heavy atom. The van der Waals surface area contributed by atoms with Crippen LogP contribution in [0, 0.1) is 0 Å². The predicted molar refractivity (Wildman–Crippen MR) is 132 cm³/mol. The Bertz CT molecular complexity index is 896. The van der Waals surface area contributed by atoms with E-state index in [1.807, 2.05) is 36.4 Å². The monoisotopic (exact) mass is 475 g/mol. The van der Waals surface area contributed by atoms with Gasteiger partial charge in [0.25, 0.3) is 8.32 Å². The van der Waals surface area contributed by atoms with Crippen molar-refractivity contribution in [3.63, 3.8) is 0 Å². The van der Waals surface area contributed by atoms with Gasteiger partial charge in [0.1, 0.15) is 0 Å². The SMILES string of the molecule is COP(=O)(/C=C/C(CO[Si](c1ccccc1)(c1ccccc1)C(C)(C)C)NC(C)=O)OC. The normalized spacial score (nSPS) is 13.8. The molecule has 2 aromatic rings. The Kier molecular flexibility index (Phi) is 9.19. The van der Waals surface area contributed by atoms with Crippen LogP contribution in [0.2, 0.25) is 5.04 Å². The lowest BCUT2D eigenvalue weighted by Gasteiger charge is -2.43. The number of benzene rings is 2. The lowest BCUT2D eigenvalue weighted by atomic mass is 10.2. The summed E-state index contributed by atoms with van der Waals surface area (Å²) in [5, 5.41) is 4.95. The minimum Gasteiger partial charge on any atom is -0.405 e. The van der Waals surface area contributed by atoms with Gasteiger partial charge in [-0.2, -0.15) is 0 Å². The zero-order valence-corrected chi connectivity index (χ0v) is 21.6. The fraction of sp³-hybridized carbons (Fsp3) is 0.375. The molecule has 0 spiro atoms. The van der Waals surface area contributed by atoms with Gasteiger partial charge < -0.3 is 18.8 Å². The molecule has 0 radical (unpaired) electrons. The Balaban J connectivity index is 2.51. The molecule has 2 rings (SSSR count). The highest BCUT2D eigenvalue weighted by Gasteiger charge is 2.50. The number of carbonyl (C=O) groups is 1. The minimum absolute atomic E-state index is 0.200. The molecular weight excluding hydrogens is 441 g/mol. The highest BCUT2D eigenvalue weighted by molar-refractivity contribution is 7.57. The zero-order chi connectivity index (χ0) is 23.8. The van der Waals surface area contributed by atoms with E-state index in [0.29, 0.717) is 0 Å². The van der Waals surface area contributed by atoms with Crippen molar-refractivity contribution in [2.24, 2.45) is 0 Å². The molecule has 0 saturated carbocycles. The summed E-state index contributed by atoms with van der Waals surface area (Å²) in [6, 6.07) is 20.0. The van der Waals surface area contributed by atoms with Gasteiger partial charge in [-0.15, -0.1) is 0 Å². The van der Waals surface area contributed by atoms with Gasteiger partial charge in [0.2, 0.25) is 5.91 Å². The maximum Gasteiger partial charge on any atom is 0.353 e. The summed E-state index contributed by atoms with van der Waals surface area (Å²) in [5.74, 6) is 1.15. The molecule has 1 unspecified atom stereocenters. The number of amides is 1. The number of nitrogens with one attached hydrogen (secondary N) is 1. The van der Waals surface area contributed by atoms with E-state index < -0.39 is 22.0 Å². The minimum atomic E-state index is -3.37. The maximum absolute atomic E-state index is 12.5. The van der Waals surface area contributed by atoms with E-state index >= 15 is 0 Å². The van der Waals surface area contributed by atoms with Crippen LogP contribution >= 0.6 is 7.60 Å². The average molecular weight is 476 g/mol. The molecule has 0 heterocycles. The van der Waals surface area contributed by atoms with Crippen LogP contribution in [0.1, 0.15) is 27.7 Å². The number of carbonyl (C=O) groups excluding carboxylic acids is 1. The van der Waals surface area contributed by atoms with E-state index in [1.54, 1.807) is 6.08 Å². The molecule has 1 N–H and O–H groups in total. The summed E-state index contributed by atoms with van der Waals surface area (Å²) >= 11 is 0. The van der Waals surface area contributed by atoms with Crippen LogP contribution in [0.4, 0.5) is 0 Å². The van der Waals surface area contributed by atoms with E-state index in [9.17, 15) is 9.36 Å². The molecule has 0 aliphatic carbocycles. The van der Waals surface area contributed by atoms with Crippen molar-refractivity contribution in [1.82, 2.24) is 5.32 Å². The summed E-state index contributed by atoms with van der Waals surface area (Å²) in [4.78, 5) is 11.9. The highest BCUT2D eigenvalue weighted by atomic mass is 31.2. The first-order valence-corrected chi connectivity index (χ1v) is 14.0. The van der Waals surface area contributed by atoms with Crippen LogP contribution in [0.5, 0.6) is 0 Å². The molecule has 0 aliphatic rings. The fourth-order valence-corrected chi connectivity index (χ4v) is 9.18. The zero-order valence-electron chi connectivity index (χ0n) is 19.7. The highest BCUT2D eigenvalue weighted by Crippen LogP contribution is 2.48. The topological polar surface area (TPSA) is 73.9 Å². The van der Waals surface area contributed by atoms with Crippen molar-refractivity contribution in [3.05, 3.63) is 72.6 Å². The molecule has 8 heteroatoms. The van der Waals surface area contributed by atoms with Crippen molar-refractivity contribution in [2.45, 2.75) is 38.8 Å². The smallest absolute Gasteiger partial charge is 0.353 e. The van der Waals surface area contributed by atoms with Crippen LogP contribution in [0.3, 0.4) is 0 Å². The first-order chi connectivity index (χ1) is 15.1. The van der Waals surface area contributed by atoms with Crippen LogP contribution in [-0.2, 0) is 22.8 Å². The first kappa shape index (κ1) is 26.2. The summed E-state index contributed by atoms with van der Waals surface area (Å²) < 4.78 is 29.3. The lowest BCUT2D eigenvalue weighted by Crippen LogP contribution is -2.67. The molecule has 0 bridgehead atoms. The van der Waals surface area contributed by atoms with Gasteiger partial charge >= 0.3 is 7.60 Å². The molecular formula is C24H34NO5PSi. The number of rotatable bonds is 10. The van der Waals surface area contributed by atoms with E-state index in [0.717, 1.165) is 10.4 Å². The van der Waals surface area contributed by atoms with Crippen molar-refractivity contribution >= 4 is 32.2 Å². The molecule has 6 nitrogen and oxygen atoms in total. The second kappa shape index (κ2) is 11.2. The average Bonchev–Trinajstić information content (AvgIpc) is 2.77. The van der Waals surface area contributed by atoms with E-state index in [1.165, 1.54) is 27.0 Å². The van der Waals surface area contributed by atoms with Gasteiger partial charge in [0.05, 0.1) is 12.6 Å². The van der Waals surface area contributed by atoms with Crippen LogP contribution in [0.15, 0.2) is 72.6 Å². The largest absolute Gasteiger partial charge is 0.405 e.